The van der Waals surface area contributed by atoms with Crippen LogP contribution in [-0.4, -0.2) is 29.2 Å². The van der Waals surface area contributed by atoms with E-state index in [4.69, 9.17) is 4.74 Å². The lowest BCUT2D eigenvalue weighted by Crippen LogP contribution is -2.19. The Hall–Kier alpha value is -3.54. The lowest BCUT2D eigenvalue weighted by Gasteiger charge is -2.04. The molecule has 3 rings (SSSR count). The number of hydrogen-bond acceptors (Lipinski definition) is 5. The van der Waals surface area contributed by atoms with E-state index in [0.29, 0.717) is 5.69 Å². The monoisotopic (exact) mass is 332 g/mol. The van der Waals surface area contributed by atoms with Crippen LogP contribution >= 0.6 is 0 Å². The van der Waals surface area contributed by atoms with E-state index >= 15 is 0 Å². The number of nitrogens with zero attached hydrogens (tertiary/aromatic N) is 3. The first-order chi connectivity index (χ1) is 12.3. The minimum Gasteiger partial charge on any atom is -0.497 e. The molecule has 0 aliphatic carbocycles. The van der Waals surface area contributed by atoms with Crippen LogP contribution in [0.15, 0.2) is 72.1 Å². The summed E-state index contributed by atoms with van der Waals surface area (Å²) in [5.41, 5.74) is 4.98. The molecule has 25 heavy (non-hydrogen) atoms. The fourth-order valence-corrected chi connectivity index (χ4v) is 2.14. The number of benzene rings is 2. The zero-order chi connectivity index (χ0) is 17.5. The fourth-order valence-electron chi connectivity index (χ4n) is 2.14. The van der Waals surface area contributed by atoms with Gasteiger partial charge in [-0.25, -0.2) is 10.4 Å². The van der Waals surface area contributed by atoms with Crippen molar-refractivity contribution in [3.8, 4) is 17.0 Å². The smallest absolute Gasteiger partial charge is 0.291 e. The van der Waals surface area contributed by atoms with E-state index in [1.54, 1.807) is 19.5 Å². The Kier molecular flexibility index (Phi) is 5.11. The molecule has 0 spiro atoms. The fraction of sp³-hybridized carbons (Fsp3) is 0.0526. The average molecular weight is 332 g/mol. The molecule has 1 amide bonds. The number of ether oxygens (including phenoxy) is 1. The molecular weight excluding hydrogens is 316 g/mol. The molecule has 6 heteroatoms. The lowest BCUT2D eigenvalue weighted by molar-refractivity contribution is 0.0950. The molecule has 0 aliphatic heterocycles. The summed E-state index contributed by atoms with van der Waals surface area (Å²) in [6.45, 7) is 0. The number of nitrogens with one attached hydrogen (secondary N) is 1. The quantitative estimate of drug-likeness (QED) is 0.576. The average Bonchev–Trinajstić information content (AvgIpc) is 2.69. The molecule has 1 N–H and O–H groups in total. The van der Waals surface area contributed by atoms with Crippen LogP contribution in [0, 0.1) is 0 Å². The predicted molar refractivity (Wildman–Crippen MR) is 95.5 cm³/mol. The van der Waals surface area contributed by atoms with E-state index in [1.165, 1.54) is 6.20 Å². The maximum atomic E-state index is 12.2. The lowest BCUT2D eigenvalue weighted by atomic mass is 10.1. The molecule has 0 aliphatic rings. The number of aromatic nitrogens is 2. The molecule has 0 saturated heterocycles. The van der Waals surface area contributed by atoms with Crippen molar-refractivity contribution in [3.63, 3.8) is 0 Å². The van der Waals surface area contributed by atoms with Gasteiger partial charge in [0.2, 0.25) is 0 Å². The number of carbonyl (C=O) groups excluding carboxylic acids is 1. The predicted octanol–water partition coefficient (Wildman–Crippen LogP) is 2.92. The normalized spacial score (nSPS) is 10.6. The summed E-state index contributed by atoms with van der Waals surface area (Å²) >= 11 is 0. The number of hydrogen-bond donors (Lipinski definition) is 1. The van der Waals surface area contributed by atoms with E-state index in [9.17, 15) is 4.79 Å². The Morgan fingerprint density at radius 3 is 2.56 bits per heavy atom. The van der Waals surface area contributed by atoms with E-state index in [2.05, 4.69) is 20.5 Å². The molecule has 0 fully saturated rings. The van der Waals surface area contributed by atoms with Gasteiger partial charge in [-0.05, 0) is 29.8 Å². The zero-order valence-electron chi connectivity index (χ0n) is 13.6. The summed E-state index contributed by atoms with van der Waals surface area (Å²) in [6, 6.07) is 16.9. The minimum absolute atomic E-state index is 0.193. The van der Waals surface area contributed by atoms with E-state index in [1.807, 2.05) is 54.6 Å². The highest BCUT2D eigenvalue weighted by Gasteiger charge is 2.09. The first kappa shape index (κ1) is 16.3. The van der Waals surface area contributed by atoms with Crippen LogP contribution in [0.25, 0.3) is 11.3 Å². The second-order valence-corrected chi connectivity index (χ2v) is 5.13. The summed E-state index contributed by atoms with van der Waals surface area (Å²) in [5.74, 6) is 0.330. The standard InChI is InChI=1S/C19H16N4O2/c1-25-16-9-7-15(8-10-16)17-12-20-13-18(22-17)19(24)23-21-11-14-5-3-2-4-6-14/h2-13H,1H3,(H,23,24)/b21-11+. The largest absolute Gasteiger partial charge is 0.497 e. The number of amides is 1. The van der Waals surface area contributed by atoms with Crippen LogP contribution < -0.4 is 10.2 Å². The third-order valence-electron chi connectivity index (χ3n) is 3.43. The van der Waals surface area contributed by atoms with Crippen LogP contribution in [0.5, 0.6) is 5.75 Å². The Balaban J connectivity index is 1.72. The van der Waals surface area contributed by atoms with Gasteiger partial charge in [0, 0.05) is 5.56 Å². The zero-order valence-corrected chi connectivity index (χ0v) is 13.6. The number of rotatable bonds is 5. The van der Waals surface area contributed by atoms with Crippen molar-refractivity contribution in [3.05, 3.63) is 78.2 Å². The molecule has 0 unspecified atom stereocenters. The molecular formula is C19H16N4O2. The molecule has 6 nitrogen and oxygen atoms in total. The van der Waals surface area contributed by atoms with Gasteiger partial charge in [-0.1, -0.05) is 30.3 Å². The van der Waals surface area contributed by atoms with Crippen LogP contribution in [0.3, 0.4) is 0 Å². The van der Waals surface area contributed by atoms with Crippen molar-refractivity contribution in [2.24, 2.45) is 5.10 Å². The SMILES string of the molecule is COc1ccc(-c2cncc(C(=O)N/N=C/c3ccccc3)n2)cc1. The van der Waals surface area contributed by atoms with Crippen molar-refractivity contribution in [2.45, 2.75) is 0 Å². The number of methoxy groups -OCH3 is 1. The van der Waals surface area contributed by atoms with Crippen LogP contribution in [0.1, 0.15) is 16.1 Å². The second-order valence-electron chi connectivity index (χ2n) is 5.13. The highest BCUT2D eigenvalue weighted by molar-refractivity contribution is 5.93. The molecule has 3 aromatic rings. The first-order valence-electron chi connectivity index (χ1n) is 7.61. The number of hydrazone groups is 1. The highest BCUT2D eigenvalue weighted by atomic mass is 16.5. The maximum absolute atomic E-state index is 12.2. The summed E-state index contributed by atoms with van der Waals surface area (Å²) in [5, 5.41) is 3.93. The topological polar surface area (TPSA) is 76.5 Å². The Morgan fingerprint density at radius 1 is 1.08 bits per heavy atom. The van der Waals surface area contributed by atoms with Crippen LogP contribution in [0.2, 0.25) is 0 Å². The third-order valence-corrected chi connectivity index (χ3v) is 3.43. The first-order valence-corrected chi connectivity index (χ1v) is 7.61. The van der Waals surface area contributed by atoms with Crippen molar-refractivity contribution in [2.75, 3.05) is 7.11 Å². The Bertz CT molecular complexity index is 877. The Morgan fingerprint density at radius 2 is 1.84 bits per heavy atom. The van der Waals surface area contributed by atoms with E-state index < -0.39 is 5.91 Å². The number of carbonyl (C=O) groups is 1. The summed E-state index contributed by atoms with van der Waals surface area (Å²) in [7, 11) is 1.61. The summed E-state index contributed by atoms with van der Waals surface area (Å²) < 4.78 is 5.13. The van der Waals surface area contributed by atoms with Crippen molar-refractivity contribution in [1.82, 2.24) is 15.4 Å². The molecule has 0 saturated carbocycles. The maximum Gasteiger partial charge on any atom is 0.291 e. The van der Waals surface area contributed by atoms with Crippen molar-refractivity contribution >= 4 is 12.1 Å². The van der Waals surface area contributed by atoms with Gasteiger partial charge < -0.3 is 4.74 Å². The van der Waals surface area contributed by atoms with Gasteiger partial charge in [0.1, 0.15) is 11.4 Å². The summed E-state index contributed by atoms with van der Waals surface area (Å²) in [4.78, 5) is 20.6. The second kappa shape index (κ2) is 7.83. The van der Waals surface area contributed by atoms with Gasteiger partial charge in [-0.15, -0.1) is 0 Å². The van der Waals surface area contributed by atoms with Gasteiger partial charge in [0.05, 0.1) is 31.4 Å². The van der Waals surface area contributed by atoms with Crippen LogP contribution in [-0.2, 0) is 0 Å². The molecule has 1 aromatic heterocycles. The van der Waals surface area contributed by atoms with Gasteiger partial charge in [-0.2, -0.15) is 5.10 Å². The van der Waals surface area contributed by atoms with Gasteiger partial charge in [0.15, 0.2) is 0 Å². The molecule has 1 heterocycles. The highest BCUT2D eigenvalue weighted by Crippen LogP contribution is 2.20. The molecule has 2 aromatic carbocycles. The van der Waals surface area contributed by atoms with Gasteiger partial charge in [0.25, 0.3) is 5.91 Å². The van der Waals surface area contributed by atoms with Gasteiger partial charge >= 0.3 is 0 Å². The van der Waals surface area contributed by atoms with E-state index in [0.717, 1.165) is 16.9 Å². The van der Waals surface area contributed by atoms with Crippen LogP contribution in [0.4, 0.5) is 0 Å². The van der Waals surface area contributed by atoms with Gasteiger partial charge in [-0.3, -0.25) is 9.78 Å². The summed E-state index contributed by atoms with van der Waals surface area (Å²) in [6.07, 6.45) is 4.57. The molecule has 0 radical (unpaired) electrons. The molecule has 0 bridgehead atoms. The van der Waals surface area contributed by atoms with Crippen molar-refractivity contribution < 1.29 is 9.53 Å². The van der Waals surface area contributed by atoms with Crippen molar-refractivity contribution in [1.29, 1.82) is 0 Å². The minimum atomic E-state index is -0.421. The molecule has 0 atom stereocenters. The third kappa shape index (κ3) is 4.26. The Labute approximate surface area is 145 Å². The van der Waals surface area contributed by atoms with E-state index in [-0.39, 0.29) is 5.69 Å². The molecule has 124 valence electrons.